The molecule has 5 nitrogen and oxygen atoms in total. The zero-order chi connectivity index (χ0) is 22.3. The summed E-state index contributed by atoms with van der Waals surface area (Å²) in [7, 11) is 0. The zero-order valence-corrected chi connectivity index (χ0v) is 19.9. The maximum Gasteiger partial charge on any atom is 2.00 e. The fourth-order valence-electron chi connectivity index (χ4n) is 3.61. The van der Waals surface area contributed by atoms with Gasteiger partial charge in [-0.1, -0.05) is 35.2 Å². The third kappa shape index (κ3) is 4.21. The average Bonchev–Trinajstić information content (AvgIpc) is 3.30. The molecule has 0 aliphatic heterocycles. The molecule has 0 saturated heterocycles. The first-order valence-corrected chi connectivity index (χ1v) is 9.97. The van der Waals surface area contributed by atoms with Gasteiger partial charge in [-0.2, -0.15) is 17.2 Å². The molecular weight excluding hydrogens is 603 g/mol. The van der Waals surface area contributed by atoms with Crippen LogP contribution in [-0.4, -0.2) is 24.7 Å². The molecule has 0 unspecified atom stereocenters. The molecule has 0 aliphatic rings. The van der Waals surface area contributed by atoms with Crippen molar-refractivity contribution >= 4 is 10.9 Å². The molecule has 0 aliphatic carbocycles. The molecule has 166 valence electrons. The van der Waals surface area contributed by atoms with E-state index in [0.717, 1.165) is 28.4 Å². The molecule has 0 atom stereocenters. The van der Waals surface area contributed by atoms with Crippen LogP contribution < -0.4 is 0 Å². The van der Waals surface area contributed by atoms with E-state index in [-0.39, 0.29) is 26.6 Å². The van der Waals surface area contributed by atoms with Crippen LogP contribution in [-0.2, 0) is 26.5 Å². The number of hydrogen-bond donors (Lipinski definition) is 0. The summed E-state index contributed by atoms with van der Waals surface area (Å²) < 4.78 is 29.1. The van der Waals surface area contributed by atoms with E-state index >= 15 is 0 Å². The molecule has 0 spiro atoms. The van der Waals surface area contributed by atoms with Gasteiger partial charge in [0.1, 0.15) is 11.9 Å². The van der Waals surface area contributed by atoms with Crippen LogP contribution in [0.15, 0.2) is 67.0 Å². The van der Waals surface area contributed by atoms with Crippen LogP contribution >= 0.6 is 0 Å². The van der Waals surface area contributed by atoms with Crippen LogP contribution in [0.4, 0.5) is 8.78 Å². The first kappa shape index (κ1) is 22.9. The molecule has 0 bridgehead atoms. The Balaban J connectivity index is 0.00000259. The van der Waals surface area contributed by atoms with Crippen molar-refractivity contribution in [1.29, 1.82) is 0 Å². The van der Waals surface area contributed by atoms with Crippen LogP contribution in [0.1, 0.15) is 25.2 Å². The molecule has 5 rings (SSSR count). The molecule has 0 radical (unpaired) electrons. The summed E-state index contributed by atoms with van der Waals surface area (Å²) in [6.45, 7) is 3.98. The summed E-state index contributed by atoms with van der Waals surface area (Å²) in [5.74, 6) is -1.87. The average molecular weight is 621 g/mol. The van der Waals surface area contributed by atoms with Crippen molar-refractivity contribution in [2.24, 2.45) is 0 Å². The van der Waals surface area contributed by atoms with E-state index in [0.29, 0.717) is 11.4 Å². The van der Waals surface area contributed by atoms with E-state index in [4.69, 9.17) is 5.10 Å². The molecule has 0 saturated carbocycles. The Bertz CT molecular complexity index is 1440. The standard InChI is InChI=1S/C25H17F2N5.Pt/c1-25(2,21-10-4-8-19(29-21)17-11-12-23(26)30-24(17)27)22-13-15-32(31-22)20-9-3-7-18-16(20)6-5-14-28-18;/h3-8,10,12-15H,1-2H3;/q-2;+2. The van der Waals surface area contributed by atoms with Crippen LogP contribution in [0, 0.1) is 24.0 Å². The summed E-state index contributed by atoms with van der Waals surface area (Å²) in [4.78, 5) is 12.2. The normalized spacial score (nSPS) is 11.4. The summed E-state index contributed by atoms with van der Waals surface area (Å²) in [5, 5.41) is 5.73. The number of benzene rings is 1. The quantitative estimate of drug-likeness (QED) is 0.208. The minimum Gasteiger partial charge on any atom is -0.300 e. The minimum atomic E-state index is -0.947. The van der Waals surface area contributed by atoms with Gasteiger partial charge < -0.3 is 4.98 Å². The summed E-state index contributed by atoms with van der Waals surface area (Å²) >= 11 is 0. The van der Waals surface area contributed by atoms with E-state index in [1.807, 2.05) is 56.4 Å². The molecule has 0 amide bonds. The molecule has 0 N–H and O–H groups in total. The molecule has 1 aromatic carbocycles. The summed E-state index contributed by atoms with van der Waals surface area (Å²) in [6, 6.07) is 21.6. The smallest absolute Gasteiger partial charge is 0.300 e. The van der Waals surface area contributed by atoms with E-state index in [1.165, 1.54) is 0 Å². The fourth-order valence-corrected chi connectivity index (χ4v) is 3.61. The van der Waals surface area contributed by atoms with Crippen molar-refractivity contribution in [1.82, 2.24) is 24.7 Å². The Kier molecular flexibility index (Phi) is 6.17. The first-order valence-electron chi connectivity index (χ1n) is 9.97. The number of hydrogen-bond acceptors (Lipinski definition) is 4. The number of fused-ring (bicyclic) bond motifs is 1. The SMILES string of the molecule is CC(C)(c1cccc(-c2[c-]cc(F)nc2F)n1)c1ccn(-c2[c-]ccc3ncccc23)n1.[Pt+2]. The second kappa shape index (κ2) is 8.91. The Morgan fingerprint density at radius 3 is 2.61 bits per heavy atom. The Morgan fingerprint density at radius 2 is 1.79 bits per heavy atom. The van der Waals surface area contributed by atoms with Gasteiger partial charge in [0.25, 0.3) is 0 Å². The Morgan fingerprint density at radius 1 is 0.939 bits per heavy atom. The molecule has 4 heterocycles. The van der Waals surface area contributed by atoms with Crippen LogP contribution in [0.3, 0.4) is 0 Å². The maximum atomic E-state index is 14.2. The molecule has 0 fully saturated rings. The van der Waals surface area contributed by atoms with Gasteiger partial charge in [-0.05, 0) is 42.9 Å². The monoisotopic (exact) mass is 620 g/mol. The van der Waals surface area contributed by atoms with E-state index < -0.39 is 17.3 Å². The predicted molar refractivity (Wildman–Crippen MR) is 116 cm³/mol. The Hall–Kier alpha value is -3.31. The van der Waals surface area contributed by atoms with Gasteiger partial charge in [-0.3, -0.25) is 14.6 Å². The number of nitrogens with zero attached hydrogens (tertiary/aromatic N) is 5. The van der Waals surface area contributed by atoms with Gasteiger partial charge in [0, 0.05) is 18.1 Å². The molecule has 33 heavy (non-hydrogen) atoms. The van der Waals surface area contributed by atoms with Gasteiger partial charge in [-0.25, -0.2) is 8.78 Å². The van der Waals surface area contributed by atoms with Crippen molar-refractivity contribution < 1.29 is 29.8 Å². The fraction of sp³-hybridized carbons (Fsp3) is 0.120. The molecule has 5 aromatic rings. The molecular formula is C25H17F2N5Pt. The number of rotatable bonds is 4. The predicted octanol–water partition coefficient (Wildman–Crippen LogP) is 5.08. The largest absolute Gasteiger partial charge is 2.00 e. The van der Waals surface area contributed by atoms with Gasteiger partial charge in [0.2, 0.25) is 0 Å². The third-order valence-electron chi connectivity index (χ3n) is 5.41. The number of aromatic nitrogens is 5. The van der Waals surface area contributed by atoms with Crippen molar-refractivity contribution in [2.45, 2.75) is 19.3 Å². The summed E-state index contributed by atoms with van der Waals surface area (Å²) in [5.41, 5.74) is 2.88. The number of pyridine rings is 3. The zero-order valence-electron chi connectivity index (χ0n) is 17.7. The van der Waals surface area contributed by atoms with Crippen molar-refractivity contribution in [3.8, 4) is 16.9 Å². The van der Waals surface area contributed by atoms with Crippen molar-refractivity contribution in [2.75, 3.05) is 0 Å². The second-order valence-electron chi connectivity index (χ2n) is 7.83. The van der Waals surface area contributed by atoms with E-state index in [9.17, 15) is 8.78 Å². The van der Waals surface area contributed by atoms with Gasteiger partial charge in [0.15, 0.2) is 0 Å². The molecule has 8 heteroatoms. The van der Waals surface area contributed by atoms with Crippen molar-refractivity contribution in [3.63, 3.8) is 0 Å². The van der Waals surface area contributed by atoms with Gasteiger partial charge in [0.05, 0.1) is 11.1 Å². The van der Waals surface area contributed by atoms with Crippen molar-refractivity contribution in [3.05, 3.63) is 102 Å². The Labute approximate surface area is 203 Å². The topological polar surface area (TPSA) is 56.5 Å². The first-order chi connectivity index (χ1) is 15.4. The van der Waals surface area contributed by atoms with Crippen LogP contribution in [0.5, 0.6) is 0 Å². The van der Waals surface area contributed by atoms with E-state index in [2.05, 4.69) is 27.1 Å². The third-order valence-corrected chi connectivity index (χ3v) is 5.41. The minimum absolute atomic E-state index is 0. The number of halogens is 2. The summed E-state index contributed by atoms with van der Waals surface area (Å²) in [6.07, 6.45) is 3.62. The maximum absolute atomic E-state index is 14.2. The second-order valence-corrected chi connectivity index (χ2v) is 7.83. The molecule has 4 aromatic heterocycles. The van der Waals surface area contributed by atoms with Gasteiger partial charge in [-0.15, -0.1) is 18.2 Å². The van der Waals surface area contributed by atoms with Gasteiger partial charge >= 0.3 is 21.1 Å². The van der Waals surface area contributed by atoms with Crippen LogP contribution in [0.2, 0.25) is 0 Å². The van der Waals surface area contributed by atoms with E-state index in [1.54, 1.807) is 23.0 Å². The van der Waals surface area contributed by atoms with Crippen LogP contribution in [0.25, 0.3) is 27.8 Å².